The van der Waals surface area contributed by atoms with Gasteiger partial charge in [0.1, 0.15) is 0 Å². The van der Waals surface area contributed by atoms with Crippen molar-refractivity contribution in [1.82, 2.24) is 0 Å². The number of hydrogen-bond donors (Lipinski definition) is 1. The Labute approximate surface area is 85.2 Å². The summed E-state index contributed by atoms with van der Waals surface area (Å²) in [6.07, 6.45) is 0.742. The van der Waals surface area contributed by atoms with Crippen molar-refractivity contribution in [3.05, 3.63) is 0 Å². The Morgan fingerprint density at radius 3 is 2.43 bits per heavy atom. The standard InChI is InChI=1S/C10H20O4/c1-9(2)8-14-7-6-13-5-3-4-10(11)12/h9H,3-8H2,1-2H3,(H,11,12). The number of ether oxygens (including phenoxy) is 2. The van der Waals surface area contributed by atoms with Gasteiger partial charge in [-0.1, -0.05) is 13.8 Å². The van der Waals surface area contributed by atoms with Crippen molar-refractivity contribution in [1.29, 1.82) is 0 Å². The van der Waals surface area contributed by atoms with E-state index >= 15 is 0 Å². The van der Waals surface area contributed by atoms with Gasteiger partial charge >= 0.3 is 5.97 Å². The number of carboxylic acid groups (broad SMARTS) is 1. The van der Waals surface area contributed by atoms with E-state index in [0.717, 1.165) is 6.61 Å². The molecule has 0 heterocycles. The summed E-state index contributed by atoms with van der Waals surface area (Å²) in [5.41, 5.74) is 0. The first kappa shape index (κ1) is 13.4. The first-order valence-electron chi connectivity index (χ1n) is 5.00. The highest BCUT2D eigenvalue weighted by Gasteiger charge is 1.96. The first-order valence-corrected chi connectivity index (χ1v) is 5.00. The van der Waals surface area contributed by atoms with Crippen molar-refractivity contribution in [2.75, 3.05) is 26.4 Å². The maximum atomic E-state index is 10.1. The highest BCUT2D eigenvalue weighted by molar-refractivity contribution is 5.66. The van der Waals surface area contributed by atoms with E-state index in [1.54, 1.807) is 0 Å². The van der Waals surface area contributed by atoms with E-state index in [0.29, 0.717) is 32.2 Å². The largest absolute Gasteiger partial charge is 0.481 e. The Kier molecular flexibility index (Phi) is 8.57. The van der Waals surface area contributed by atoms with Gasteiger partial charge in [-0.05, 0) is 12.3 Å². The molecule has 0 unspecified atom stereocenters. The van der Waals surface area contributed by atoms with Gasteiger partial charge < -0.3 is 14.6 Å². The molecule has 0 atom stereocenters. The van der Waals surface area contributed by atoms with Gasteiger partial charge in [-0.25, -0.2) is 0 Å². The van der Waals surface area contributed by atoms with E-state index in [1.807, 2.05) is 0 Å². The molecule has 0 saturated carbocycles. The van der Waals surface area contributed by atoms with Crippen molar-refractivity contribution in [3.8, 4) is 0 Å². The number of hydrogen-bond acceptors (Lipinski definition) is 3. The second-order valence-corrected chi connectivity index (χ2v) is 3.58. The molecule has 0 spiro atoms. The molecule has 84 valence electrons. The SMILES string of the molecule is CC(C)COCCOCCCC(=O)O. The monoisotopic (exact) mass is 204 g/mol. The second kappa shape index (κ2) is 8.97. The molecule has 0 aliphatic carbocycles. The van der Waals surface area contributed by atoms with Crippen LogP contribution in [-0.4, -0.2) is 37.5 Å². The minimum absolute atomic E-state index is 0.173. The lowest BCUT2D eigenvalue weighted by Gasteiger charge is -2.06. The zero-order chi connectivity index (χ0) is 10.8. The van der Waals surface area contributed by atoms with Crippen LogP contribution in [0.2, 0.25) is 0 Å². The lowest BCUT2D eigenvalue weighted by molar-refractivity contribution is -0.137. The molecule has 0 radical (unpaired) electrons. The Morgan fingerprint density at radius 2 is 1.86 bits per heavy atom. The van der Waals surface area contributed by atoms with Crippen LogP contribution < -0.4 is 0 Å². The topological polar surface area (TPSA) is 55.8 Å². The van der Waals surface area contributed by atoms with Crippen LogP contribution in [0, 0.1) is 5.92 Å². The van der Waals surface area contributed by atoms with E-state index in [9.17, 15) is 4.79 Å². The summed E-state index contributed by atoms with van der Waals surface area (Å²) in [6, 6.07) is 0. The maximum Gasteiger partial charge on any atom is 0.303 e. The highest BCUT2D eigenvalue weighted by atomic mass is 16.5. The zero-order valence-corrected chi connectivity index (χ0v) is 8.99. The zero-order valence-electron chi connectivity index (χ0n) is 8.99. The van der Waals surface area contributed by atoms with Crippen LogP contribution in [0.1, 0.15) is 26.7 Å². The third kappa shape index (κ3) is 11.4. The molecule has 1 N–H and O–H groups in total. The molecule has 14 heavy (non-hydrogen) atoms. The second-order valence-electron chi connectivity index (χ2n) is 3.58. The highest BCUT2D eigenvalue weighted by Crippen LogP contribution is 1.93. The summed E-state index contributed by atoms with van der Waals surface area (Å²) >= 11 is 0. The third-order valence-corrected chi connectivity index (χ3v) is 1.50. The molecule has 0 fully saturated rings. The minimum Gasteiger partial charge on any atom is -0.481 e. The van der Waals surface area contributed by atoms with Crippen LogP contribution in [0.4, 0.5) is 0 Å². The molecule has 0 aliphatic heterocycles. The van der Waals surface area contributed by atoms with Gasteiger partial charge in [-0.3, -0.25) is 4.79 Å². The predicted octanol–water partition coefficient (Wildman–Crippen LogP) is 1.54. The summed E-state index contributed by atoms with van der Waals surface area (Å²) < 4.78 is 10.5. The number of carboxylic acids is 1. The van der Waals surface area contributed by atoms with Gasteiger partial charge in [-0.15, -0.1) is 0 Å². The van der Waals surface area contributed by atoms with Crippen LogP contribution >= 0.6 is 0 Å². The van der Waals surface area contributed by atoms with Gasteiger partial charge in [0.25, 0.3) is 0 Å². The van der Waals surface area contributed by atoms with E-state index in [2.05, 4.69) is 13.8 Å². The van der Waals surface area contributed by atoms with E-state index < -0.39 is 5.97 Å². The van der Waals surface area contributed by atoms with E-state index in [-0.39, 0.29) is 6.42 Å². The smallest absolute Gasteiger partial charge is 0.303 e. The normalized spacial score (nSPS) is 10.8. The molecule has 0 aromatic carbocycles. The summed E-state index contributed by atoms with van der Waals surface area (Å²) in [5.74, 6) is -0.230. The van der Waals surface area contributed by atoms with Crippen LogP contribution in [0.15, 0.2) is 0 Å². The molecule has 0 rings (SSSR count). The Balaban J connectivity index is 2.96. The lowest BCUT2D eigenvalue weighted by atomic mass is 10.2. The van der Waals surface area contributed by atoms with Crippen molar-refractivity contribution < 1.29 is 19.4 Å². The molecule has 0 aliphatic rings. The Bertz CT molecular complexity index is 145. The van der Waals surface area contributed by atoms with Crippen molar-refractivity contribution in [3.63, 3.8) is 0 Å². The fraction of sp³-hybridized carbons (Fsp3) is 0.900. The van der Waals surface area contributed by atoms with Gasteiger partial charge in [-0.2, -0.15) is 0 Å². The van der Waals surface area contributed by atoms with Crippen molar-refractivity contribution in [2.45, 2.75) is 26.7 Å². The molecule has 0 amide bonds. The summed E-state index contributed by atoms with van der Waals surface area (Å²) in [7, 11) is 0. The molecule has 0 saturated heterocycles. The Hall–Kier alpha value is -0.610. The summed E-state index contributed by atoms with van der Waals surface area (Å²) in [6.45, 7) is 6.56. The summed E-state index contributed by atoms with van der Waals surface area (Å²) in [4.78, 5) is 10.1. The maximum absolute atomic E-state index is 10.1. The number of rotatable bonds is 9. The van der Waals surface area contributed by atoms with Crippen LogP contribution in [-0.2, 0) is 14.3 Å². The van der Waals surface area contributed by atoms with Crippen molar-refractivity contribution in [2.24, 2.45) is 5.92 Å². The molecule has 0 bridgehead atoms. The predicted molar refractivity (Wildman–Crippen MR) is 53.3 cm³/mol. The number of carbonyl (C=O) groups is 1. The first-order chi connectivity index (χ1) is 6.63. The van der Waals surface area contributed by atoms with Crippen LogP contribution in [0.25, 0.3) is 0 Å². The fourth-order valence-corrected chi connectivity index (χ4v) is 0.864. The van der Waals surface area contributed by atoms with E-state index in [1.165, 1.54) is 0 Å². The van der Waals surface area contributed by atoms with Crippen molar-refractivity contribution >= 4 is 5.97 Å². The third-order valence-electron chi connectivity index (χ3n) is 1.50. The van der Waals surface area contributed by atoms with E-state index in [4.69, 9.17) is 14.6 Å². The van der Waals surface area contributed by atoms with Gasteiger partial charge in [0.05, 0.1) is 13.2 Å². The molecule has 4 heteroatoms. The van der Waals surface area contributed by atoms with Gasteiger partial charge in [0.2, 0.25) is 0 Å². The quantitative estimate of drug-likeness (QED) is 0.579. The van der Waals surface area contributed by atoms with Crippen LogP contribution in [0.5, 0.6) is 0 Å². The summed E-state index contributed by atoms with van der Waals surface area (Å²) in [5, 5.41) is 8.34. The van der Waals surface area contributed by atoms with Gasteiger partial charge in [0.15, 0.2) is 0 Å². The average molecular weight is 204 g/mol. The number of aliphatic carboxylic acids is 1. The average Bonchev–Trinajstić information content (AvgIpc) is 2.08. The molecular formula is C10H20O4. The molecule has 0 aromatic heterocycles. The van der Waals surface area contributed by atoms with Gasteiger partial charge in [0, 0.05) is 19.6 Å². The molecular weight excluding hydrogens is 184 g/mol. The minimum atomic E-state index is -0.773. The van der Waals surface area contributed by atoms with Crippen LogP contribution in [0.3, 0.4) is 0 Å². The Morgan fingerprint density at radius 1 is 1.21 bits per heavy atom. The lowest BCUT2D eigenvalue weighted by Crippen LogP contribution is -2.09. The fourth-order valence-electron chi connectivity index (χ4n) is 0.864. The molecule has 4 nitrogen and oxygen atoms in total. The molecule has 0 aromatic rings.